The zero-order valence-electron chi connectivity index (χ0n) is 12.2. The molecule has 1 aliphatic carbocycles. The molecule has 0 aliphatic heterocycles. The van der Waals surface area contributed by atoms with E-state index in [-0.39, 0.29) is 11.9 Å². The van der Waals surface area contributed by atoms with Crippen molar-refractivity contribution >= 4 is 11.6 Å². The molecule has 1 aromatic carbocycles. The van der Waals surface area contributed by atoms with E-state index < -0.39 is 5.41 Å². The third-order valence-electron chi connectivity index (χ3n) is 4.16. The van der Waals surface area contributed by atoms with Crippen LogP contribution in [0.2, 0.25) is 0 Å². The second kappa shape index (κ2) is 5.71. The van der Waals surface area contributed by atoms with Crippen molar-refractivity contribution in [2.45, 2.75) is 32.2 Å². The molecule has 2 rings (SSSR count). The van der Waals surface area contributed by atoms with Crippen molar-refractivity contribution in [1.82, 2.24) is 0 Å². The van der Waals surface area contributed by atoms with Crippen LogP contribution in [0.5, 0.6) is 11.5 Å². The summed E-state index contributed by atoms with van der Waals surface area (Å²) in [6.07, 6.45) is 2.71. The molecule has 0 heterocycles. The molecule has 0 saturated heterocycles. The molecule has 5 nitrogen and oxygen atoms in total. The lowest BCUT2D eigenvalue weighted by Gasteiger charge is -2.27. The van der Waals surface area contributed by atoms with Crippen LogP contribution in [-0.2, 0) is 4.79 Å². The largest absolute Gasteiger partial charge is 0.497 e. The Morgan fingerprint density at radius 2 is 1.90 bits per heavy atom. The number of ether oxygens (including phenoxy) is 2. The molecule has 0 radical (unpaired) electrons. The summed E-state index contributed by atoms with van der Waals surface area (Å²) in [6, 6.07) is 5.21. The van der Waals surface area contributed by atoms with Crippen molar-refractivity contribution in [3.05, 3.63) is 18.2 Å². The van der Waals surface area contributed by atoms with Crippen molar-refractivity contribution in [2.24, 2.45) is 11.1 Å². The summed E-state index contributed by atoms with van der Waals surface area (Å²) in [7, 11) is 3.16. The van der Waals surface area contributed by atoms with E-state index in [2.05, 4.69) is 5.32 Å². The molecular formula is C15H22N2O3. The van der Waals surface area contributed by atoms with E-state index in [1.54, 1.807) is 32.4 Å². The second-order valence-corrected chi connectivity index (χ2v) is 5.47. The maximum atomic E-state index is 12.5. The molecule has 1 fully saturated rings. The lowest BCUT2D eigenvalue weighted by atomic mass is 9.84. The number of amides is 1. The molecule has 2 atom stereocenters. The Labute approximate surface area is 119 Å². The first-order chi connectivity index (χ1) is 9.49. The Morgan fingerprint density at radius 3 is 2.35 bits per heavy atom. The van der Waals surface area contributed by atoms with Gasteiger partial charge in [0.2, 0.25) is 5.91 Å². The van der Waals surface area contributed by atoms with Crippen LogP contribution in [0.15, 0.2) is 18.2 Å². The van der Waals surface area contributed by atoms with Gasteiger partial charge in [-0.05, 0) is 19.8 Å². The summed E-state index contributed by atoms with van der Waals surface area (Å²) >= 11 is 0. The van der Waals surface area contributed by atoms with E-state index >= 15 is 0 Å². The number of hydrogen-bond acceptors (Lipinski definition) is 4. The van der Waals surface area contributed by atoms with Crippen molar-refractivity contribution in [3.63, 3.8) is 0 Å². The third kappa shape index (κ3) is 2.72. The first kappa shape index (κ1) is 14.7. The quantitative estimate of drug-likeness (QED) is 0.885. The van der Waals surface area contributed by atoms with Crippen LogP contribution in [0.1, 0.15) is 26.2 Å². The van der Waals surface area contributed by atoms with Crippen LogP contribution < -0.4 is 20.5 Å². The van der Waals surface area contributed by atoms with Gasteiger partial charge in [0, 0.05) is 29.9 Å². The summed E-state index contributed by atoms with van der Waals surface area (Å²) < 4.78 is 10.4. The molecule has 1 amide bonds. The molecule has 2 unspecified atom stereocenters. The van der Waals surface area contributed by atoms with Crippen LogP contribution in [0.4, 0.5) is 5.69 Å². The molecule has 1 aliphatic rings. The van der Waals surface area contributed by atoms with Gasteiger partial charge in [-0.1, -0.05) is 6.42 Å². The molecule has 5 heteroatoms. The number of hydrogen-bond donors (Lipinski definition) is 2. The number of nitrogens with two attached hydrogens (primary N) is 1. The Bertz CT molecular complexity index is 482. The fraction of sp³-hybridized carbons (Fsp3) is 0.533. The van der Waals surface area contributed by atoms with E-state index in [4.69, 9.17) is 15.2 Å². The summed E-state index contributed by atoms with van der Waals surface area (Å²) in [5.74, 6) is 1.24. The average Bonchev–Trinajstić information content (AvgIpc) is 2.79. The Morgan fingerprint density at radius 1 is 1.30 bits per heavy atom. The maximum Gasteiger partial charge on any atom is 0.231 e. The predicted octanol–water partition coefficient (Wildman–Crippen LogP) is 2.16. The SMILES string of the molecule is COc1cc(NC(=O)C2(C)CCCC2N)cc(OC)c1. The van der Waals surface area contributed by atoms with E-state index in [1.165, 1.54) is 0 Å². The molecule has 110 valence electrons. The monoisotopic (exact) mass is 278 g/mol. The average molecular weight is 278 g/mol. The summed E-state index contributed by atoms with van der Waals surface area (Å²) in [5, 5.41) is 2.93. The van der Waals surface area contributed by atoms with Gasteiger partial charge >= 0.3 is 0 Å². The number of methoxy groups -OCH3 is 2. The van der Waals surface area contributed by atoms with Gasteiger partial charge in [-0.25, -0.2) is 0 Å². The highest BCUT2D eigenvalue weighted by atomic mass is 16.5. The summed E-state index contributed by atoms with van der Waals surface area (Å²) in [5.41, 5.74) is 6.22. The topological polar surface area (TPSA) is 73.6 Å². The van der Waals surface area contributed by atoms with E-state index in [9.17, 15) is 4.79 Å². The van der Waals surface area contributed by atoms with Crippen LogP contribution >= 0.6 is 0 Å². The Balaban J connectivity index is 2.19. The lowest BCUT2D eigenvalue weighted by Crippen LogP contribution is -2.44. The normalized spacial score (nSPS) is 25.3. The number of nitrogens with one attached hydrogen (secondary N) is 1. The van der Waals surface area contributed by atoms with Gasteiger partial charge in [-0.3, -0.25) is 4.79 Å². The lowest BCUT2D eigenvalue weighted by molar-refractivity contribution is -0.125. The highest BCUT2D eigenvalue weighted by Gasteiger charge is 2.42. The zero-order chi connectivity index (χ0) is 14.8. The van der Waals surface area contributed by atoms with E-state index in [0.29, 0.717) is 17.2 Å². The Kier molecular flexibility index (Phi) is 4.18. The van der Waals surface area contributed by atoms with Crippen LogP contribution in [0.3, 0.4) is 0 Å². The molecule has 0 bridgehead atoms. The molecule has 1 saturated carbocycles. The highest BCUT2D eigenvalue weighted by molar-refractivity contribution is 5.96. The van der Waals surface area contributed by atoms with Crippen molar-refractivity contribution in [2.75, 3.05) is 19.5 Å². The Hall–Kier alpha value is -1.75. The smallest absolute Gasteiger partial charge is 0.231 e. The zero-order valence-corrected chi connectivity index (χ0v) is 12.2. The fourth-order valence-corrected chi connectivity index (χ4v) is 2.63. The minimum absolute atomic E-state index is 0.0437. The third-order valence-corrected chi connectivity index (χ3v) is 4.16. The van der Waals surface area contributed by atoms with Gasteiger partial charge in [0.1, 0.15) is 11.5 Å². The molecule has 0 spiro atoms. The van der Waals surface area contributed by atoms with Crippen molar-refractivity contribution in [3.8, 4) is 11.5 Å². The molecule has 3 N–H and O–H groups in total. The number of anilines is 1. The first-order valence-electron chi connectivity index (χ1n) is 6.79. The number of carbonyl (C=O) groups excluding carboxylic acids is 1. The number of carbonyl (C=O) groups is 1. The molecule has 1 aromatic rings. The fourth-order valence-electron chi connectivity index (χ4n) is 2.63. The van der Waals surface area contributed by atoms with Crippen molar-refractivity contribution < 1.29 is 14.3 Å². The van der Waals surface area contributed by atoms with Gasteiger partial charge in [-0.15, -0.1) is 0 Å². The summed E-state index contributed by atoms with van der Waals surface area (Å²) in [4.78, 5) is 12.5. The standard InChI is InChI=1S/C15H22N2O3/c1-15(6-4-5-13(15)16)14(18)17-10-7-11(19-2)9-12(8-10)20-3/h7-9,13H,4-6,16H2,1-3H3,(H,17,18). The van der Waals surface area contributed by atoms with Gasteiger partial charge in [0.25, 0.3) is 0 Å². The number of benzene rings is 1. The first-order valence-corrected chi connectivity index (χ1v) is 6.79. The maximum absolute atomic E-state index is 12.5. The second-order valence-electron chi connectivity index (χ2n) is 5.47. The highest BCUT2D eigenvalue weighted by Crippen LogP contribution is 2.38. The summed E-state index contributed by atoms with van der Waals surface area (Å²) in [6.45, 7) is 1.93. The minimum Gasteiger partial charge on any atom is -0.497 e. The van der Waals surface area contributed by atoms with Crippen molar-refractivity contribution in [1.29, 1.82) is 0 Å². The van der Waals surface area contributed by atoms with E-state index in [0.717, 1.165) is 19.3 Å². The van der Waals surface area contributed by atoms with Gasteiger partial charge < -0.3 is 20.5 Å². The van der Waals surface area contributed by atoms with Crippen LogP contribution in [-0.4, -0.2) is 26.2 Å². The van der Waals surface area contributed by atoms with Crippen LogP contribution in [0.25, 0.3) is 0 Å². The number of rotatable bonds is 4. The van der Waals surface area contributed by atoms with E-state index in [1.807, 2.05) is 6.92 Å². The molecular weight excluding hydrogens is 256 g/mol. The van der Waals surface area contributed by atoms with Crippen LogP contribution in [0, 0.1) is 5.41 Å². The minimum atomic E-state index is -0.504. The van der Waals surface area contributed by atoms with Gasteiger partial charge in [-0.2, -0.15) is 0 Å². The predicted molar refractivity (Wildman–Crippen MR) is 78.1 cm³/mol. The molecule has 20 heavy (non-hydrogen) atoms. The van der Waals surface area contributed by atoms with Gasteiger partial charge in [0.15, 0.2) is 0 Å². The van der Waals surface area contributed by atoms with Gasteiger partial charge in [0.05, 0.1) is 19.6 Å². The molecule has 0 aromatic heterocycles.